The SMILES string of the molecule is c1ccc2c(c1)Oc1c(ccc3oc4ccccc4c13)N2c1ccc(-c2nnc(-c3ccc(N4c5ccccc5Oc5c4ccc4oc6cc(-c7ccc8sc9ccc%10c(c9c8c7)Sc7ccccc7N%10c7ccc(-c8cnc(-c9ccc(N%10c%11ccccc%11Sc%11c%10ccc%10sc%12ccccc%12c%11%10)cc9)o8)cc7)ccc6c54)nc3)o2)cn1. The molecule has 19 heteroatoms. The van der Waals surface area contributed by atoms with Gasteiger partial charge in [0.2, 0.25) is 17.7 Å². The number of benzene rings is 14. The van der Waals surface area contributed by atoms with Gasteiger partial charge in [-0.25, -0.2) is 15.0 Å². The molecule has 0 spiro atoms. The van der Waals surface area contributed by atoms with E-state index >= 15 is 0 Å². The van der Waals surface area contributed by atoms with Gasteiger partial charge in [-0.3, -0.25) is 9.80 Å². The number of fused-ring (bicyclic) bond motifs is 24. The largest absolute Gasteiger partial charge is 0.456 e. The molecule has 0 aliphatic carbocycles. The third kappa shape index (κ3) is 9.99. The van der Waals surface area contributed by atoms with Crippen LogP contribution in [0.5, 0.6) is 23.0 Å². The van der Waals surface area contributed by atoms with Gasteiger partial charge in [0.25, 0.3) is 0 Å². The van der Waals surface area contributed by atoms with Crippen LogP contribution >= 0.6 is 46.2 Å². The van der Waals surface area contributed by atoms with E-state index in [0.29, 0.717) is 74.8 Å². The highest BCUT2D eigenvalue weighted by Crippen LogP contribution is 2.61. The van der Waals surface area contributed by atoms with E-state index in [1.807, 2.05) is 168 Å². The Balaban J connectivity index is 0.477. The number of para-hydroxylation sites is 7. The molecule has 0 amide bonds. The molecule has 0 unspecified atom stereocenters. The second-order valence-electron chi connectivity index (χ2n) is 29.4. The predicted molar refractivity (Wildman–Crippen MR) is 475 cm³/mol. The van der Waals surface area contributed by atoms with E-state index in [-0.39, 0.29) is 0 Å². The fraction of sp³-hybridized carbons (Fsp3) is 0. The molecule has 26 rings (SSSR count). The van der Waals surface area contributed by atoms with Crippen LogP contribution < -0.4 is 29.1 Å². The Bertz CT molecular complexity index is 8010. The third-order valence-corrected chi connectivity index (χ3v) is 27.5. The summed E-state index contributed by atoms with van der Waals surface area (Å²) in [5.74, 6) is 6.01. The Kier molecular flexibility index (Phi) is 14.1. The molecule has 14 aromatic carbocycles. The van der Waals surface area contributed by atoms with Gasteiger partial charge in [0.05, 0.1) is 73.6 Å². The molecule has 0 fully saturated rings. The average molecular weight is 1590 g/mol. The monoisotopic (exact) mass is 1590 g/mol. The van der Waals surface area contributed by atoms with Crippen molar-refractivity contribution in [2.75, 3.05) is 19.6 Å². The van der Waals surface area contributed by atoms with Crippen LogP contribution in [0.2, 0.25) is 0 Å². The quantitative estimate of drug-likeness (QED) is 0.135. The number of hydrogen-bond donors (Lipinski definition) is 0. The first kappa shape index (κ1) is 65.6. The van der Waals surface area contributed by atoms with Gasteiger partial charge in [0.15, 0.2) is 28.8 Å². The molecule has 4 aliphatic rings. The lowest BCUT2D eigenvalue weighted by molar-refractivity contribution is 0.482. The van der Waals surface area contributed by atoms with Crippen LogP contribution in [0.3, 0.4) is 0 Å². The summed E-state index contributed by atoms with van der Waals surface area (Å²) in [4.78, 5) is 28.8. The summed E-state index contributed by atoms with van der Waals surface area (Å²) in [6.45, 7) is 0. The molecule has 12 heterocycles. The van der Waals surface area contributed by atoms with Crippen molar-refractivity contribution in [3.8, 4) is 79.8 Å². The molecule has 0 bridgehead atoms. The maximum atomic E-state index is 6.93. The van der Waals surface area contributed by atoms with Crippen molar-refractivity contribution < 1.29 is 27.1 Å². The van der Waals surface area contributed by atoms with E-state index in [2.05, 4.69) is 218 Å². The number of anilines is 12. The lowest BCUT2D eigenvalue weighted by Crippen LogP contribution is -2.16. The number of hydrogen-bond acceptors (Lipinski definition) is 19. The number of nitrogens with zero attached hydrogens (tertiary/aromatic N) is 9. The highest BCUT2D eigenvalue weighted by atomic mass is 32.2. The van der Waals surface area contributed by atoms with Crippen LogP contribution in [0.25, 0.3) is 141 Å². The van der Waals surface area contributed by atoms with Gasteiger partial charge in [0, 0.05) is 106 Å². The van der Waals surface area contributed by atoms with Crippen molar-refractivity contribution in [1.82, 2.24) is 25.1 Å². The number of furan rings is 2. The molecule has 0 N–H and O–H groups in total. The topological polar surface area (TPSA) is 148 Å². The molecule has 0 atom stereocenters. The van der Waals surface area contributed by atoms with E-state index in [1.165, 1.54) is 65.6 Å². The van der Waals surface area contributed by atoms with E-state index in [9.17, 15) is 0 Å². The molecular weight excluding hydrogens is 1540 g/mol. The first-order valence-corrected chi connectivity index (χ1v) is 41.8. The van der Waals surface area contributed by atoms with E-state index in [0.717, 1.165) is 112 Å². The van der Waals surface area contributed by atoms with E-state index in [4.69, 9.17) is 42.1 Å². The molecule has 0 radical (unpaired) electrons. The second-order valence-corrected chi connectivity index (χ2v) is 33.7. The zero-order chi connectivity index (χ0) is 77.0. The standard InChI is InChI=1S/C99H53N9O6S4/c1-7-19-74-62(13-1)89-77(109-74)42-38-70-93(89)111-75-20-8-3-15-66(75)107(70)87-47-31-58(51-100-87)98-103-104-99(114-98)59-32-48-88(101-52-59)108-67-16-4-9-21-76(67)112-94-71(108)39-43-78-90(94)63-37-29-57(50-79(63)110-78)56-30-44-82-65(49-56)92-86(116-82)46-41-73-96(92)118-84-24-12-6-18-69(84)105(73)60-33-25-54(26-34-60)80-53-102-97(113-80)55-27-35-61(36-28-55)106-68-17-5-11-23-83(68)117-95-72(106)40-45-85-91(95)64-14-2-10-22-81(64)115-85/h1-53H. The van der Waals surface area contributed by atoms with Crippen LogP contribution in [0.4, 0.5) is 68.5 Å². The Morgan fingerprint density at radius 1 is 0.263 bits per heavy atom. The predicted octanol–water partition coefficient (Wildman–Crippen LogP) is 29.7. The summed E-state index contributed by atoms with van der Waals surface area (Å²) >= 11 is 7.38. The number of aromatic nitrogens is 5. The molecule has 118 heavy (non-hydrogen) atoms. The van der Waals surface area contributed by atoms with Crippen molar-refractivity contribution in [3.63, 3.8) is 0 Å². The maximum Gasteiger partial charge on any atom is 0.249 e. The summed E-state index contributed by atoms with van der Waals surface area (Å²) < 4.78 is 44.7. The van der Waals surface area contributed by atoms with Gasteiger partial charge in [-0.15, -0.1) is 32.9 Å². The molecule has 8 aromatic heterocycles. The Hall–Kier alpha value is -14.7. The summed E-state index contributed by atoms with van der Waals surface area (Å²) in [5, 5.41) is 17.7. The molecule has 554 valence electrons. The second kappa shape index (κ2) is 25.4. The lowest BCUT2D eigenvalue weighted by atomic mass is 10.0. The Morgan fingerprint density at radius 3 is 1.35 bits per heavy atom. The number of ether oxygens (including phenoxy) is 2. The van der Waals surface area contributed by atoms with Gasteiger partial charge in [-0.1, -0.05) is 121 Å². The van der Waals surface area contributed by atoms with Crippen LogP contribution in [0.1, 0.15) is 0 Å². The fourth-order valence-corrected chi connectivity index (χ4v) is 22.2. The van der Waals surface area contributed by atoms with Gasteiger partial charge in [0.1, 0.15) is 34.0 Å². The van der Waals surface area contributed by atoms with Crippen molar-refractivity contribution in [2.45, 2.75) is 19.6 Å². The van der Waals surface area contributed by atoms with Gasteiger partial charge < -0.3 is 36.9 Å². The number of thiophene rings is 2. The van der Waals surface area contributed by atoms with Crippen molar-refractivity contribution in [2.24, 2.45) is 0 Å². The molecule has 22 aromatic rings. The minimum Gasteiger partial charge on any atom is -0.456 e. The number of pyridine rings is 2. The Labute approximate surface area is 687 Å². The molecule has 15 nitrogen and oxygen atoms in total. The maximum absolute atomic E-state index is 6.93. The molecule has 0 saturated heterocycles. The lowest BCUT2D eigenvalue weighted by Gasteiger charge is -2.33. The van der Waals surface area contributed by atoms with Crippen LogP contribution in [-0.2, 0) is 0 Å². The zero-order valence-corrected chi connectivity index (χ0v) is 65.0. The summed E-state index contributed by atoms with van der Waals surface area (Å²) in [6.07, 6.45) is 5.35. The van der Waals surface area contributed by atoms with Crippen LogP contribution in [0, 0.1) is 0 Å². The Morgan fingerprint density at radius 2 is 0.737 bits per heavy atom. The van der Waals surface area contributed by atoms with Crippen molar-refractivity contribution >= 4 is 199 Å². The zero-order valence-electron chi connectivity index (χ0n) is 61.7. The van der Waals surface area contributed by atoms with Gasteiger partial charge in [-0.05, 0) is 217 Å². The van der Waals surface area contributed by atoms with E-state index in [1.54, 1.807) is 12.4 Å². The van der Waals surface area contributed by atoms with Crippen molar-refractivity contribution in [1.29, 1.82) is 0 Å². The molecule has 4 aliphatic heterocycles. The minimum atomic E-state index is 0.317. The molecule has 0 saturated carbocycles. The van der Waals surface area contributed by atoms with Crippen molar-refractivity contribution in [3.05, 3.63) is 322 Å². The summed E-state index contributed by atoms with van der Waals surface area (Å²) in [6, 6.07) is 106. The van der Waals surface area contributed by atoms with E-state index < -0.39 is 0 Å². The fourth-order valence-electron chi connectivity index (χ4n) is 17.4. The number of rotatable bonds is 9. The number of oxazole rings is 1. The first-order chi connectivity index (χ1) is 58.4. The third-order valence-electron chi connectivity index (χ3n) is 22.8. The minimum absolute atomic E-state index is 0.317. The van der Waals surface area contributed by atoms with Gasteiger partial charge in [-0.2, -0.15) is 0 Å². The summed E-state index contributed by atoms with van der Waals surface area (Å²) in [5.41, 5.74) is 18.3. The first-order valence-electron chi connectivity index (χ1n) is 38.5. The van der Waals surface area contributed by atoms with Gasteiger partial charge >= 0.3 is 0 Å². The molecular formula is C99H53N9O6S4. The average Bonchev–Trinajstić information content (AvgIpc) is 1.50. The normalized spacial score (nSPS) is 13.3. The smallest absolute Gasteiger partial charge is 0.249 e. The summed E-state index contributed by atoms with van der Waals surface area (Å²) in [7, 11) is 0. The van der Waals surface area contributed by atoms with Crippen LogP contribution in [0.15, 0.2) is 359 Å². The highest BCUT2D eigenvalue weighted by Gasteiger charge is 2.35. The highest BCUT2D eigenvalue weighted by molar-refractivity contribution is 8.00. The van der Waals surface area contributed by atoms with Crippen LogP contribution in [-0.4, -0.2) is 25.1 Å².